The number of para-hydroxylation sites is 1. The molecule has 1 atom stereocenters. The van der Waals surface area contributed by atoms with E-state index in [0.29, 0.717) is 23.3 Å². The maximum absolute atomic E-state index is 12.9. The summed E-state index contributed by atoms with van der Waals surface area (Å²) in [6, 6.07) is 24.0. The Morgan fingerprint density at radius 3 is 2.31 bits per heavy atom. The summed E-state index contributed by atoms with van der Waals surface area (Å²) in [5.74, 6) is 0.165. The molecule has 0 aliphatic rings. The first-order valence-electron chi connectivity index (χ1n) is 9.32. The molecule has 4 aromatic rings. The normalized spacial score (nSPS) is 11.9. The van der Waals surface area contributed by atoms with Crippen LogP contribution in [-0.2, 0) is 0 Å². The lowest BCUT2D eigenvalue weighted by Crippen LogP contribution is -2.15. The van der Waals surface area contributed by atoms with E-state index >= 15 is 0 Å². The number of hydrogen-bond donors (Lipinski definition) is 1. The van der Waals surface area contributed by atoms with Gasteiger partial charge in [0.1, 0.15) is 23.7 Å². The summed E-state index contributed by atoms with van der Waals surface area (Å²) < 4.78 is 11.1. The number of hydrogen-bond acceptors (Lipinski definition) is 4. The zero-order valence-corrected chi connectivity index (χ0v) is 15.7. The van der Waals surface area contributed by atoms with Gasteiger partial charge in [-0.2, -0.15) is 0 Å². The van der Waals surface area contributed by atoms with Crippen LogP contribution in [0.5, 0.6) is 11.5 Å². The largest absolute Gasteiger partial charge is 0.507 e. The third-order valence-corrected chi connectivity index (χ3v) is 4.82. The first kappa shape index (κ1) is 18.6. The van der Waals surface area contributed by atoms with Crippen molar-refractivity contribution in [2.24, 2.45) is 0 Å². The Kier molecular flexibility index (Phi) is 5.16. The molecule has 0 fully saturated rings. The quantitative estimate of drug-likeness (QED) is 0.365. The SMILES string of the molecule is C=CCOc1ccc(C(c2ccccc2)c2c(O)c3ccccc3oc2=O)cc1. The van der Waals surface area contributed by atoms with Crippen LogP contribution >= 0.6 is 0 Å². The maximum atomic E-state index is 12.9. The Bertz CT molecular complexity index is 1190. The molecule has 0 amide bonds. The van der Waals surface area contributed by atoms with Gasteiger partial charge in [-0.25, -0.2) is 4.79 Å². The van der Waals surface area contributed by atoms with Crippen molar-refractivity contribution in [3.63, 3.8) is 0 Å². The Morgan fingerprint density at radius 1 is 0.931 bits per heavy atom. The first-order chi connectivity index (χ1) is 14.2. The molecule has 1 N–H and O–H groups in total. The van der Waals surface area contributed by atoms with Crippen LogP contribution in [0, 0.1) is 0 Å². The van der Waals surface area contributed by atoms with Crippen molar-refractivity contribution >= 4 is 11.0 Å². The van der Waals surface area contributed by atoms with E-state index in [1.165, 1.54) is 0 Å². The molecule has 0 radical (unpaired) electrons. The number of fused-ring (bicyclic) bond motifs is 1. The van der Waals surface area contributed by atoms with E-state index in [1.54, 1.807) is 30.3 Å². The van der Waals surface area contributed by atoms with Crippen LogP contribution in [-0.4, -0.2) is 11.7 Å². The topological polar surface area (TPSA) is 59.7 Å². The first-order valence-corrected chi connectivity index (χ1v) is 9.32. The molecular formula is C25H20O4. The van der Waals surface area contributed by atoms with Crippen molar-refractivity contribution in [3.8, 4) is 11.5 Å². The fourth-order valence-corrected chi connectivity index (χ4v) is 3.49. The lowest BCUT2D eigenvalue weighted by Gasteiger charge is -2.19. The van der Waals surface area contributed by atoms with Crippen LogP contribution in [0.3, 0.4) is 0 Å². The Labute approximate surface area is 168 Å². The average Bonchev–Trinajstić information content (AvgIpc) is 2.76. The van der Waals surface area contributed by atoms with Crippen LogP contribution in [0.25, 0.3) is 11.0 Å². The van der Waals surface area contributed by atoms with E-state index in [9.17, 15) is 9.90 Å². The lowest BCUT2D eigenvalue weighted by molar-refractivity contribution is 0.363. The fourth-order valence-electron chi connectivity index (χ4n) is 3.49. The summed E-state index contributed by atoms with van der Waals surface area (Å²) in [7, 11) is 0. The van der Waals surface area contributed by atoms with E-state index in [1.807, 2.05) is 54.6 Å². The Hall–Kier alpha value is -3.79. The van der Waals surface area contributed by atoms with Gasteiger partial charge in [0.25, 0.3) is 0 Å². The zero-order chi connectivity index (χ0) is 20.2. The molecule has 29 heavy (non-hydrogen) atoms. The van der Waals surface area contributed by atoms with Gasteiger partial charge in [0.15, 0.2) is 0 Å². The maximum Gasteiger partial charge on any atom is 0.344 e. The molecule has 1 unspecified atom stereocenters. The molecule has 0 aliphatic heterocycles. The molecule has 0 spiro atoms. The molecular weight excluding hydrogens is 364 g/mol. The molecule has 0 bridgehead atoms. The van der Waals surface area contributed by atoms with E-state index in [0.717, 1.165) is 11.1 Å². The number of aromatic hydroxyl groups is 1. The summed E-state index contributed by atoms with van der Waals surface area (Å²) >= 11 is 0. The highest BCUT2D eigenvalue weighted by Gasteiger charge is 2.26. The van der Waals surface area contributed by atoms with E-state index in [-0.39, 0.29) is 11.3 Å². The fraction of sp³-hybridized carbons (Fsp3) is 0.0800. The predicted molar refractivity (Wildman–Crippen MR) is 114 cm³/mol. The molecule has 1 aromatic heterocycles. The van der Waals surface area contributed by atoms with Gasteiger partial charge < -0.3 is 14.3 Å². The van der Waals surface area contributed by atoms with Crippen LogP contribution in [0.2, 0.25) is 0 Å². The van der Waals surface area contributed by atoms with Gasteiger partial charge in [0.05, 0.1) is 10.9 Å². The average molecular weight is 384 g/mol. The highest BCUT2D eigenvalue weighted by atomic mass is 16.5. The minimum absolute atomic E-state index is 0.0577. The van der Waals surface area contributed by atoms with Gasteiger partial charge in [0.2, 0.25) is 0 Å². The van der Waals surface area contributed by atoms with Crippen molar-refractivity contribution in [1.29, 1.82) is 0 Å². The summed E-state index contributed by atoms with van der Waals surface area (Å²) in [6.07, 6.45) is 1.68. The Balaban J connectivity index is 1.90. The minimum Gasteiger partial charge on any atom is -0.507 e. The highest BCUT2D eigenvalue weighted by Crippen LogP contribution is 2.38. The van der Waals surface area contributed by atoms with Crippen LogP contribution in [0.15, 0.2) is 101 Å². The summed E-state index contributed by atoms with van der Waals surface area (Å²) in [6.45, 7) is 4.06. The second kappa shape index (κ2) is 8.07. The summed E-state index contributed by atoms with van der Waals surface area (Å²) in [5.41, 5.74) is 1.75. The number of rotatable bonds is 6. The monoisotopic (exact) mass is 384 g/mol. The Morgan fingerprint density at radius 2 is 1.59 bits per heavy atom. The summed E-state index contributed by atoms with van der Waals surface area (Å²) in [4.78, 5) is 12.9. The molecule has 4 rings (SSSR count). The molecule has 1 heterocycles. The third-order valence-electron chi connectivity index (χ3n) is 4.82. The van der Waals surface area contributed by atoms with Gasteiger partial charge in [-0.15, -0.1) is 0 Å². The number of ether oxygens (including phenoxy) is 1. The molecule has 4 heteroatoms. The third kappa shape index (κ3) is 3.65. The van der Waals surface area contributed by atoms with Crippen molar-refractivity contribution in [2.45, 2.75) is 5.92 Å². The van der Waals surface area contributed by atoms with Crippen molar-refractivity contribution in [1.82, 2.24) is 0 Å². The second-order valence-electron chi connectivity index (χ2n) is 6.66. The lowest BCUT2D eigenvalue weighted by atomic mass is 9.85. The van der Waals surface area contributed by atoms with Crippen molar-refractivity contribution in [2.75, 3.05) is 6.61 Å². The molecule has 4 nitrogen and oxygen atoms in total. The smallest absolute Gasteiger partial charge is 0.344 e. The van der Waals surface area contributed by atoms with Crippen LogP contribution < -0.4 is 10.4 Å². The van der Waals surface area contributed by atoms with Gasteiger partial charge in [-0.3, -0.25) is 0 Å². The second-order valence-corrected chi connectivity index (χ2v) is 6.66. The van der Waals surface area contributed by atoms with Crippen LogP contribution in [0.4, 0.5) is 0 Å². The molecule has 144 valence electrons. The zero-order valence-electron chi connectivity index (χ0n) is 15.7. The number of benzene rings is 3. The van der Waals surface area contributed by atoms with Gasteiger partial charge in [0, 0.05) is 5.92 Å². The standard InChI is InChI=1S/C25H20O4/c1-2-16-28-19-14-12-18(13-15-19)22(17-8-4-3-5-9-17)23-24(26)20-10-6-7-11-21(20)29-25(23)27/h2-15,22,26H,1,16H2. The molecule has 0 saturated carbocycles. The van der Waals surface area contributed by atoms with Gasteiger partial charge in [-0.05, 0) is 35.4 Å². The van der Waals surface area contributed by atoms with E-state index in [4.69, 9.17) is 9.15 Å². The van der Waals surface area contributed by atoms with E-state index in [2.05, 4.69) is 6.58 Å². The molecule has 0 saturated heterocycles. The molecule has 0 aliphatic carbocycles. The van der Waals surface area contributed by atoms with E-state index < -0.39 is 11.5 Å². The minimum atomic E-state index is -0.554. The van der Waals surface area contributed by atoms with Gasteiger partial charge in [-0.1, -0.05) is 67.3 Å². The molecule has 3 aromatic carbocycles. The van der Waals surface area contributed by atoms with Crippen molar-refractivity contribution in [3.05, 3.63) is 119 Å². The highest BCUT2D eigenvalue weighted by molar-refractivity contribution is 5.84. The summed E-state index contributed by atoms with van der Waals surface area (Å²) in [5, 5.41) is 11.5. The van der Waals surface area contributed by atoms with Crippen LogP contribution in [0.1, 0.15) is 22.6 Å². The van der Waals surface area contributed by atoms with Crippen molar-refractivity contribution < 1.29 is 14.3 Å². The predicted octanol–water partition coefficient (Wildman–Crippen LogP) is 5.24. The van der Waals surface area contributed by atoms with Gasteiger partial charge >= 0.3 is 5.63 Å².